The van der Waals surface area contributed by atoms with E-state index in [0.717, 1.165) is 31.1 Å². The molecule has 4 N–H and O–H groups in total. The molecule has 3 fully saturated rings. The van der Waals surface area contributed by atoms with E-state index in [-0.39, 0.29) is 56.7 Å². The zero-order valence-electron chi connectivity index (χ0n) is 64.8. The van der Waals surface area contributed by atoms with Gasteiger partial charge in [-0.25, -0.2) is 9.86 Å². The van der Waals surface area contributed by atoms with Crippen LogP contribution in [-0.2, 0) is 71.8 Å². The third-order valence-electron chi connectivity index (χ3n) is 19.4. The summed E-state index contributed by atoms with van der Waals surface area (Å²) in [4.78, 5) is 193. The monoisotopic (exact) mass is 1420 g/mol. The minimum atomic E-state index is -1.40. The number of nitrogens with zero attached hydrogens (tertiary/aromatic N) is 9. The van der Waals surface area contributed by atoms with Crippen LogP contribution >= 0.6 is 0 Å². The van der Waals surface area contributed by atoms with Crippen molar-refractivity contribution in [2.45, 2.75) is 247 Å². The number of rotatable bonds is 22. The molecule has 0 aromatic rings. The average Bonchev–Trinajstić information content (AvgIpc) is 0.753. The molecule has 29 heteroatoms. The van der Waals surface area contributed by atoms with Gasteiger partial charge in [-0.1, -0.05) is 83.1 Å². The van der Waals surface area contributed by atoms with Crippen molar-refractivity contribution in [1.29, 1.82) is 0 Å². The summed E-state index contributed by atoms with van der Waals surface area (Å²) in [6, 6.07) is -13.9. The standard InChI is InChI=1S/C71H127N13O16/c1-25-51-66(91)77(19)49(15)65(90)82(24)57(50(16)98-34-29-27-31-83-32-36-97-37-33-83)62(87)75-55(44(8)9)69(94)78(20)52(38-41(2)3)61(86)72-47(13)60(85)73-48(14)64(89)79(21)53(39-42(4)5)67(92)80(22)54(40-43(6)7)68(93)81(23)56(45(10)11)70(95)84-58(63(88)74-51)59(100-84)46(12)30-26-28-35-99-71(96)76(17)18/h41-59H,25-40H2,1-24H3,(H,72,86)(H,73,85)(H,74,88)(H,75,87)/t46-,47+,48-,49-,50-,51+,52+,53+,54+,55+,56+,57+,58+,59-/m1/s1. The Morgan fingerprint density at radius 1 is 0.520 bits per heavy atom. The fraction of sp³-hybridized carbons (Fsp3) is 0.831. The summed E-state index contributed by atoms with van der Waals surface area (Å²) in [7, 11) is 11.7. The molecule has 572 valence electrons. The van der Waals surface area contributed by atoms with Gasteiger partial charge in [0.25, 0.3) is 5.91 Å². The molecule has 14 atom stereocenters. The van der Waals surface area contributed by atoms with E-state index in [1.54, 1.807) is 55.6 Å². The molecule has 0 radical (unpaired) electrons. The van der Waals surface area contributed by atoms with Gasteiger partial charge in [0.1, 0.15) is 66.5 Å². The number of hydroxylamine groups is 2. The van der Waals surface area contributed by atoms with Crippen LogP contribution in [0, 0.1) is 35.5 Å². The second-order valence-corrected chi connectivity index (χ2v) is 30.0. The number of hydrogen-bond donors (Lipinski definition) is 4. The lowest BCUT2D eigenvalue weighted by atomic mass is 9.88. The molecule has 0 aliphatic carbocycles. The van der Waals surface area contributed by atoms with Gasteiger partial charge in [-0.3, -0.25) is 62.5 Å². The normalized spacial score (nSPS) is 27.4. The molecular formula is C71H127N13O16. The summed E-state index contributed by atoms with van der Waals surface area (Å²) in [5, 5.41) is 12.1. The minimum Gasteiger partial charge on any atom is -0.449 e. The Kier molecular flexibility index (Phi) is 35.7. The molecule has 12 amide bonds. The molecular weight excluding hydrogens is 1290 g/mol. The summed E-state index contributed by atoms with van der Waals surface area (Å²) >= 11 is 0. The summed E-state index contributed by atoms with van der Waals surface area (Å²) in [5.41, 5.74) is 0. The number of unbranched alkanes of at least 4 members (excludes halogenated alkanes) is 2. The van der Waals surface area contributed by atoms with Crippen molar-refractivity contribution < 1.29 is 76.6 Å². The zero-order valence-corrected chi connectivity index (χ0v) is 64.8. The van der Waals surface area contributed by atoms with Crippen LogP contribution in [0.25, 0.3) is 0 Å². The number of likely N-dealkylation sites (N-methyl/N-ethyl adjacent to an activating group) is 6. The predicted molar refractivity (Wildman–Crippen MR) is 378 cm³/mol. The highest BCUT2D eigenvalue weighted by molar-refractivity contribution is 6.00. The average molecular weight is 1420 g/mol. The summed E-state index contributed by atoms with van der Waals surface area (Å²) in [6.07, 6.45) is 0.845. The first-order valence-electron chi connectivity index (χ1n) is 36.2. The number of carbonyl (C=O) groups excluding carboxylic acids is 12. The number of carbonyl (C=O) groups is 12. The van der Waals surface area contributed by atoms with Crippen LogP contribution < -0.4 is 21.3 Å². The van der Waals surface area contributed by atoms with E-state index in [1.807, 2.05) is 48.5 Å². The lowest BCUT2D eigenvalue weighted by molar-refractivity contribution is -0.322. The molecule has 0 unspecified atom stereocenters. The quantitative estimate of drug-likeness (QED) is 0.113. The van der Waals surface area contributed by atoms with Gasteiger partial charge >= 0.3 is 6.09 Å². The fourth-order valence-electron chi connectivity index (χ4n) is 12.9. The highest BCUT2D eigenvalue weighted by Crippen LogP contribution is 2.34. The van der Waals surface area contributed by atoms with E-state index in [9.17, 15) is 28.8 Å². The van der Waals surface area contributed by atoms with E-state index in [0.29, 0.717) is 38.9 Å². The fourth-order valence-corrected chi connectivity index (χ4v) is 12.9. The molecule has 0 aromatic heterocycles. The number of ether oxygens (including phenoxy) is 3. The second-order valence-electron chi connectivity index (χ2n) is 30.0. The summed E-state index contributed by atoms with van der Waals surface area (Å²) in [5.74, 6) is -9.70. The van der Waals surface area contributed by atoms with E-state index >= 15 is 28.8 Å². The van der Waals surface area contributed by atoms with Crippen LogP contribution in [0.5, 0.6) is 0 Å². The molecule has 3 aliphatic heterocycles. The van der Waals surface area contributed by atoms with E-state index in [4.69, 9.17) is 19.0 Å². The van der Waals surface area contributed by atoms with Gasteiger partial charge in [0, 0.05) is 76.1 Å². The number of hydrogen-bond acceptors (Lipinski definition) is 17. The molecule has 3 heterocycles. The van der Waals surface area contributed by atoms with E-state index < -0.39 is 167 Å². The summed E-state index contributed by atoms with van der Waals surface area (Å²) in [6.45, 7) is 31.7. The van der Waals surface area contributed by atoms with Gasteiger partial charge in [0.2, 0.25) is 59.1 Å². The number of amides is 12. The van der Waals surface area contributed by atoms with Gasteiger partial charge in [-0.2, -0.15) is 0 Å². The molecule has 0 saturated carbocycles. The van der Waals surface area contributed by atoms with Crippen molar-refractivity contribution in [2.75, 3.05) is 102 Å². The topological polar surface area (TPSA) is 319 Å². The maximum absolute atomic E-state index is 15.3. The molecule has 3 saturated heterocycles. The molecule has 3 rings (SSSR count). The first kappa shape index (κ1) is 87.5. The van der Waals surface area contributed by atoms with Crippen molar-refractivity contribution in [3.05, 3.63) is 0 Å². The Morgan fingerprint density at radius 3 is 1.56 bits per heavy atom. The Hall–Kier alpha value is -6.72. The number of nitrogens with one attached hydrogen (secondary N) is 4. The zero-order chi connectivity index (χ0) is 76.1. The number of morpholine rings is 1. The van der Waals surface area contributed by atoms with Gasteiger partial charge in [-0.15, -0.1) is 0 Å². The van der Waals surface area contributed by atoms with Crippen molar-refractivity contribution in [2.24, 2.45) is 35.5 Å². The maximum Gasteiger partial charge on any atom is 0.409 e. The predicted octanol–water partition coefficient (Wildman–Crippen LogP) is 3.35. The molecule has 0 bridgehead atoms. The number of fused-ring (bicyclic) bond motifs is 1. The molecule has 3 aliphatic rings. The van der Waals surface area contributed by atoms with Crippen molar-refractivity contribution in [3.63, 3.8) is 0 Å². The van der Waals surface area contributed by atoms with Crippen molar-refractivity contribution in [3.8, 4) is 0 Å². The van der Waals surface area contributed by atoms with Crippen LogP contribution in [0.1, 0.15) is 169 Å². The molecule has 29 nitrogen and oxygen atoms in total. The van der Waals surface area contributed by atoms with Gasteiger partial charge < -0.3 is 69.8 Å². The Morgan fingerprint density at radius 2 is 1.03 bits per heavy atom. The van der Waals surface area contributed by atoms with Crippen molar-refractivity contribution in [1.82, 2.24) is 65.5 Å². The summed E-state index contributed by atoms with van der Waals surface area (Å²) < 4.78 is 17.2. The molecule has 0 aromatic carbocycles. The first-order chi connectivity index (χ1) is 46.6. The maximum atomic E-state index is 15.3. The van der Waals surface area contributed by atoms with Crippen LogP contribution in [0.15, 0.2) is 0 Å². The smallest absolute Gasteiger partial charge is 0.409 e. The lowest BCUT2D eigenvalue weighted by Crippen LogP contribution is -2.72. The second kappa shape index (κ2) is 40.8. The third-order valence-corrected chi connectivity index (χ3v) is 19.4. The first-order valence-corrected chi connectivity index (χ1v) is 36.2. The van der Waals surface area contributed by atoms with Crippen molar-refractivity contribution >= 4 is 71.1 Å². The van der Waals surface area contributed by atoms with Crippen LogP contribution in [0.2, 0.25) is 0 Å². The minimum absolute atomic E-state index is 0.0175. The molecule has 0 spiro atoms. The third kappa shape index (κ3) is 24.2. The largest absolute Gasteiger partial charge is 0.449 e. The van der Waals surface area contributed by atoms with E-state index in [2.05, 4.69) is 26.2 Å². The highest BCUT2D eigenvalue weighted by atomic mass is 16.7. The SMILES string of the molecule is CC[C@@H]1NC(=O)[C@@H]2[C@@H]([C@H](C)CCCCOC(=O)N(C)C)ON2C(=O)[C@H](C(C)C)N(C)C(=O)[C@H](CC(C)C)N(C)C(=O)[C@H](CC(C)C)N(C)C(=O)[C@@H](C)NC(=O)[C@H](C)NC(=O)[C@H](CC(C)C)N(C)C(=O)[C@H](C(C)C)NC(=O)[C@H]([C@@H](C)OCCCCN2CCOCC2)N(C)C(=O)[C@@H](C)N(C)C1=O. The lowest BCUT2D eigenvalue weighted by Gasteiger charge is -2.50. The van der Waals surface area contributed by atoms with Crippen LogP contribution in [0.4, 0.5) is 4.79 Å². The van der Waals surface area contributed by atoms with Crippen LogP contribution in [0.3, 0.4) is 0 Å². The van der Waals surface area contributed by atoms with Gasteiger partial charge in [-0.05, 0) is 128 Å². The van der Waals surface area contributed by atoms with Gasteiger partial charge in [0.15, 0.2) is 6.04 Å². The Bertz CT molecular complexity index is 2750. The van der Waals surface area contributed by atoms with Crippen LogP contribution in [-0.4, -0.2) is 296 Å². The molecule has 100 heavy (non-hydrogen) atoms. The Labute approximate surface area is 596 Å². The van der Waals surface area contributed by atoms with Gasteiger partial charge in [0.05, 0.1) is 25.9 Å². The van der Waals surface area contributed by atoms with E-state index in [1.165, 1.54) is 97.4 Å². The highest BCUT2D eigenvalue weighted by Gasteiger charge is 2.55. The Balaban J connectivity index is 2.29.